The number of rotatable bonds is 11. The minimum absolute atomic E-state index is 0.00995. The third-order valence-electron chi connectivity index (χ3n) is 7.72. The minimum atomic E-state index is -0.582. The summed E-state index contributed by atoms with van der Waals surface area (Å²) in [6.45, 7) is 5.10. The molecular weight excluding hydrogens is 524 g/mol. The van der Waals surface area contributed by atoms with E-state index in [-0.39, 0.29) is 34.4 Å². The molecule has 192 valence electrons. The van der Waals surface area contributed by atoms with Crippen LogP contribution in [-0.2, 0) is 19.1 Å². The fourth-order valence-corrected chi connectivity index (χ4v) is 9.76. The average Bonchev–Trinajstić information content (AvgIpc) is 3.42. The Balaban J connectivity index is 1.50. The number of alkyl halides is 1. The molecule has 0 radical (unpaired) electrons. The van der Waals surface area contributed by atoms with Gasteiger partial charge in [0.2, 0.25) is 17.7 Å². The smallest absolute Gasteiger partial charge is 0.244 e. The zero-order valence-corrected chi connectivity index (χ0v) is 22.2. The number of carbonyl (C=O) groups is 3. The predicted octanol–water partition coefficient (Wildman–Crippen LogP) is 0.198. The third kappa shape index (κ3) is 4.87. The number of nitrogens with zero attached hydrogens (tertiary/aromatic N) is 2. The molecule has 4 aliphatic heterocycles. The second kappa shape index (κ2) is 11.5. The Morgan fingerprint density at radius 1 is 1.18 bits per heavy atom. The molecule has 3 unspecified atom stereocenters. The number of thioether (sulfide) groups is 1. The summed E-state index contributed by atoms with van der Waals surface area (Å²) in [6, 6.07) is -0.572. The van der Waals surface area contributed by atoms with Crippen molar-refractivity contribution in [3.05, 3.63) is 0 Å². The van der Waals surface area contributed by atoms with Gasteiger partial charge in [-0.25, -0.2) is 0 Å². The van der Waals surface area contributed by atoms with Crippen LogP contribution in [0.25, 0.3) is 0 Å². The van der Waals surface area contributed by atoms with E-state index in [1.54, 1.807) is 23.7 Å². The van der Waals surface area contributed by atoms with E-state index in [1.165, 1.54) is 0 Å². The summed E-state index contributed by atoms with van der Waals surface area (Å²) in [6.07, 6.45) is 4.01. The molecule has 4 aliphatic rings. The van der Waals surface area contributed by atoms with Gasteiger partial charge in [-0.2, -0.15) is 0 Å². The van der Waals surface area contributed by atoms with Crippen LogP contribution >= 0.6 is 27.7 Å². The van der Waals surface area contributed by atoms with Crippen LogP contribution in [0.1, 0.15) is 32.1 Å². The van der Waals surface area contributed by atoms with E-state index in [1.807, 2.05) is 0 Å². The van der Waals surface area contributed by atoms with Gasteiger partial charge < -0.3 is 25.4 Å². The number of ether oxygens (including phenoxy) is 1. The first-order valence-corrected chi connectivity index (χ1v) is 14.3. The van der Waals surface area contributed by atoms with Crippen molar-refractivity contribution in [3.8, 4) is 0 Å². The van der Waals surface area contributed by atoms with E-state index >= 15 is 0 Å². The summed E-state index contributed by atoms with van der Waals surface area (Å²) in [5, 5.41) is 14.9. The van der Waals surface area contributed by atoms with Crippen molar-refractivity contribution >= 4 is 45.4 Å². The lowest BCUT2D eigenvalue weighted by atomic mass is 9.70. The summed E-state index contributed by atoms with van der Waals surface area (Å²) < 4.78 is 4.82. The summed E-state index contributed by atoms with van der Waals surface area (Å²) >= 11 is 5.43. The summed E-state index contributed by atoms with van der Waals surface area (Å²) in [7, 11) is 1.61. The number of unbranched alkanes of at least 4 members (excludes halogenated alkanes) is 3. The summed E-state index contributed by atoms with van der Waals surface area (Å²) in [4.78, 5) is 44.4. The molecule has 0 aromatic carbocycles. The predicted molar refractivity (Wildman–Crippen MR) is 134 cm³/mol. The molecule has 4 heterocycles. The molecule has 4 rings (SSSR count). The number of hydrogen-bond acceptors (Lipinski definition) is 7. The Hall–Kier alpha value is -0.880. The van der Waals surface area contributed by atoms with E-state index in [0.29, 0.717) is 32.7 Å². The van der Waals surface area contributed by atoms with Gasteiger partial charge in [0, 0.05) is 56.5 Å². The number of morpholine rings is 1. The first kappa shape index (κ1) is 26.2. The van der Waals surface area contributed by atoms with E-state index < -0.39 is 22.6 Å². The zero-order valence-electron chi connectivity index (χ0n) is 19.8. The maximum atomic E-state index is 13.7. The lowest BCUT2D eigenvalue weighted by molar-refractivity contribution is -0.139. The Labute approximate surface area is 214 Å². The molecule has 0 saturated carbocycles. The topological polar surface area (TPSA) is 111 Å². The van der Waals surface area contributed by atoms with Crippen molar-refractivity contribution in [2.24, 2.45) is 11.8 Å². The number of fused-ring (bicyclic) bond motifs is 1. The second-order valence-corrected chi connectivity index (χ2v) is 12.4. The Kier molecular flexibility index (Phi) is 8.82. The zero-order chi connectivity index (χ0) is 24.3. The maximum Gasteiger partial charge on any atom is 0.244 e. The lowest BCUT2D eigenvalue weighted by Crippen LogP contribution is -2.55. The van der Waals surface area contributed by atoms with Crippen molar-refractivity contribution in [2.75, 3.05) is 59.6 Å². The van der Waals surface area contributed by atoms with Crippen LogP contribution in [0.5, 0.6) is 0 Å². The number of amides is 3. The Bertz CT molecular complexity index is 770. The van der Waals surface area contributed by atoms with Crippen molar-refractivity contribution in [1.29, 1.82) is 0 Å². The quantitative estimate of drug-likeness (QED) is 0.244. The Morgan fingerprint density at radius 3 is 2.62 bits per heavy atom. The van der Waals surface area contributed by atoms with Crippen LogP contribution in [0.2, 0.25) is 0 Å². The highest BCUT2D eigenvalue weighted by molar-refractivity contribution is 9.09. The molecule has 34 heavy (non-hydrogen) atoms. The Morgan fingerprint density at radius 2 is 1.91 bits per heavy atom. The molecule has 1 spiro atoms. The molecule has 0 aromatic heterocycles. The molecule has 0 aliphatic carbocycles. The number of carbonyl (C=O) groups excluding carboxylic acids is 3. The summed E-state index contributed by atoms with van der Waals surface area (Å²) in [5.74, 6) is -1.17. The van der Waals surface area contributed by atoms with Crippen LogP contribution in [0, 0.1) is 11.8 Å². The van der Waals surface area contributed by atoms with Crippen LogP contribution in [-0.4, -0.2) is 113 Å². The number of halogens is 1. The average molecular weight is 562 g/mol. The second-order valence-electron chi connectivity index (χ2n) is 9.69. The van der Waals surface area contributed by atoms with E-state index in [2.05, 4.69) is 31.5 Å². The van der Waals surface area contributed by atoms with E-state index in [0.717, 1.165) is 45.3 Å². The molecule has 3 N–H and O–H groups in total. The van der Waals surface area contributed by atoms with Crippen molar-refractivity contribution in [1.82, 2.24) is 20.4 Å². The van der Waals surface area contributed by atoms with Crippen molar-refractivity contribution < 1.29 is 24.2 Å². The molecule has 4 saturated heterocycles. The molecule has 3 amide bonds. The molecule has 2 bridgehead atoms. The van der Waals surface area contributed by atoms with Crippen molar-refractivity contribution in [3.63, 3.8) is 0 Å². The third-order valence-corrected chi connectivity index (χ3v) is 10.9. The number of aliphatic hydroxyl groups excluding tert-OH is 1. The van der Waals surface area contributed by atoms with Gasteiger partial charge in [0.25, 0.3) is 0 Å². The van der Waals surface area contributed by atoms with Gasteiger partial charge in [0.1, 0.15) is 6.04 Å². The summed E-state index contributed by atoms with van der Waals surface area (Å²) in [5.41, 5.74) is 0. The van der Waals surface area contributed by atoms with Gasteiger partial charge >= 0.3 is 0 Å². The number of hydrogen-bond donors (Lipinski definition) is 3. The normalized spacial score (nSPS) is 35.0. The van der Waals surface area contributed by atoms with Gasteiger partial charge in [-0.1, -0.05) is 28.8 Å². The monoisotopic (exact) mass is 560 g/mol. The van der Waals surface area contributed by atoms with Gasteiger partial charge in [-0.05, 0) is 19.3 Å². The number of aliphatic hydroxyl groups is 1. The minimum Gasteiger partial charge on any atom is -0.396 e. The maximum absolute atomic E-state index is 13.7. The largest absolute Gasteiger partial charge is 0.396 e. The molecule has 11 heteroatoms. The highest BCUT2D eigenvalue weighted by atomic mass is 79.9. The van der Waals surface area contributed by atoms with Gasteiger partial charge in [-0.3, -0.25) is 19.3 Å². The fourth-order valence-electron chi connectivity index (χ4n) is 6.14. The van der Waals surface area contributed by atoms with E-state index in [4.69, 9.17) is 9.84 Å². The van der Waals surface area contributed by atoms with Crippen LogP contribution in [0.15, 0.2) is 0 Å². The molecule has 9 nitrogen and oxygen atoms in total. The molecular formula is C23H37BrN4O5S. The standard InChI is InChI=1S/C23H37BrN4O5S/c1-25-20(30)16-17-22(32)28(7-4-2-3-5-11-29)19(23(17)14-15(24)18(16)34-23)21(31)26-6-8-27-9-12-33-13-10-27/h15-19,29H,2-14H2,1H3,(H,25,30)(H,26,31)/t15?,16-,17+,18-,19?,23?/m1/s1. The number of nitrogens with one attached hydrogen (secondary N) is 2. The molecule has 6 atom stereocenters. The first-order valence-electron chi connectivity index (χ1n) is 12.5. The van der Waals surface area contributed by atoms with Crippen LogP contribution in [0.3, 0.4) is 0 Å². The molecule has 4 fully saturated rings. The van der Waals surface area contributed by atoms with Gasteiger partial charge in [0.15, 0.2) is 0 Å². The van der Waals surface area contributed by atoms with Crippen LogP contribution < -0.4 is 10.6 Å². The highest BCUT2D eigenvalue weighted by Crippen LogP contribution is 2.67. The van der Waals surface area contributed by atoms with Gasteiger partial charge in [-0.15, -0.1) is 11.8 Å². The van der Waals surface area contributed by atoms with E-state index in [9.17, 15) is 14.4 Å². The molecule has 0 aromatic rings. The highest BCUT2D eigenvalue weighted by Gasteiger charge is 2.75. The first-order chi connectivity index (χ1) is 16.4. The van der Waals surface area contributed by atoms with Crippen LogP contribution in [0.4, 0.5) is 0 Å². The van der Waals surface area contributed by atoms with Gasteiger partial charge in [0.05, 0.1) is 29.8 Å². The fraction of sp³-hybridized carbons (Fsp3) is 0.870. The van der Waals surface area contributed by atoms with Crippen molar-refractivity contribution in [2.45, 2.75) is 53.0 Å². The SMILES string of the molecule is CNC(=O)[C@H]1[C@@H]2SC3(CC2Br)C(C(=O)NCCN2CCOCC2)N(CCCCCCO)C(=O)[C@H]13. The lowest BCUT2D eigenvalue weighted by Gasteiger charge is -2.35. The number of likely N-dealkylation sites (tertiary alicyclic amines) is 1.